The normalized spacial score (nSPS) is 21.9. The minimum Gasteiger partial charge on any atom is -0.399 e. The van der Waals surface area contributed by atoms with Gasteiger partial charge in [0, 0.05) is 43.6 Å². The highest BCUT2D eigenvalue weighted by Gasteiger charge is 2.28. The number of piperazine rings is 1. The molecule has 3 rings (SSSR count). The first-order chi connectivity index (χ1) is 8.74. The number of rotatable bonds is 2. The summed E-state index contributed by atoms with van der Waals surface area (Å²) in [5, 5.41) is 0. The van der Waals surface area contributed by atoms with Gasteiger partial charge in [0.05, 0.1) is 0 Å². The topological polar surface area (TPSA) is 32.5 Å². The van der Waals surface area contributed by atoms with Crippen LogP contribution in [0.2, 0.25) is 0 Å². The molecule has 3 nitrogen and oxygen atoms in total. The average Bonchev–Trinajstić information content (AvgIpc) is 2.28. The van der Waals surface area contributed by atoms with Crippen molar-refractivity contribution in [3.8, 4) is 0 Å². The molecule has 3 heteroatoms. The third kappa shape index (κ3) is 2.19. The molecule has 0 radical (unpaired) electrons. The van der Waals surface area contributed by atoms with Crippen LogP contribution in [0.5, 0.6) is 0 Å². The van der Waals surface area contributed by atoms with E-state index in [0.717, 1.165) is 24.8 Å². The second-order valence-electron chi connectivity index (χ2n) is 5.65. The Morgan fingerprint density at radius 1 is 1.11 bits per heavy atom. The van der Waals surface area contributed by atoms with Crippen molar-refractivity contribution in [2.45, 2.75) is 32.2 Å². The lowest BCUT2D eigenvalue weighted by molar-refractivity contribution is 0.120. The van der Waals surface area contributed by atoms with Crippen LogP contribution in [0.3, 0.4) is 0 Å². The number of hydrogen-bond acceptors (Lipinski definition) is 3. The minimum atomic E-state index is 0.865. The van der Waals surface area contributed by atoms with E-state index in [0.29, 0.717) is 0 Å². The maximum absolute atomic E-state index is 5.82. The highest BCUT2D eigenvalue weighted by molar-refractivity contribution is 5.59. The van der Waals surface area contributed by atoms with Gasteiger partial charge in [-0.05, 0) is 43.5 Å². The lowest BCUT2D eigenvalue weighted by Crippen LogP contribution is -2.52. The summed E-state index contributed by atoms with van der Waals surface area (Å²) in [4.78, 5) is 5.18. The highest BCUT2D eigenvalue weighted by Crippen LogP contribution is 2.28. The Kier molecular flexibility index (Phi) is 3.16. The van der Waals surface area contributed by atoms with E-state index in [1.165, 1.54) is 43.6 Å². The summed E-state index contributed by atoms with van der Waals surface area (Å²) in [6, 6.07) is 7.15. The SMILES string of the molecule is Cc1cc(N)ccc1N1CCN(C2CCC2)CC1. The zero-order chi connectivity index (χ0) is 12.5. The van der Waals surface area contributed by atoms with Gasteiger partial charge in [-0.1, -0.05) is 6.42 Å². The first-order valence-corrected chi connectivity index (χ1v) is 7.09. The van der Waals surface area contributed by atoms with E-state index >= 15 is 0 Å². The van der Waals surface area contributed by atoms with Crippen molar-refractivity contribution in [2.75, 3.05) is 36.8 Å². The van der Waals surface area contributed by atoms with E-state index in [1.807, 2.05) is 6.07 Å². The predicted molar refractivity (Wildman–Crippen MR) is 77.0 cm³/mol. The predicted octanol–water partition coefficient (Wildman–Crippen LogP) is 2.25. The Hall–Kier alpha value is -1.22. The number of nitrogens with zero attached hydrogens (tertiary/aromatic N) is 2. The molecule has 0 unspecified atom stereocenters. The van der Waals surface area contributed by atoms with E-state index in [9.17, 15) is 0 Å². The Morgan fingerprint density at radius 3 is 2.39 bits per heavy atom. The number of benzene rings is 1. The molecule has 1 heterocycles. The molecule has 0 amide bonds. The highest BCUT2D eigenvalue weighted by atomic mass is 15.3. The third-order valence-corrected chi connectivity index (χ3v) is 4.47. The lowest BCUT2D eigenvalue weighted by atomic mass is 9.91. The number of anilines is 2. The molecule has 0 bridgehead atoms. The molecule has 2 N–H and O–H groups in total. The number of hydrogen-bond donors (Lipinski definition) is 1. The summed E-state index contributed by atoms with van der Waals surface area (Å²) >= 11 is 0. The van der Waals surface area contributed by atoms with Gasteiger partial charge in [-0.25, -0.2) is 0 Å². The molecular formula is C15H23N3. The summed E-state index contributed by atoms with van der Waals surface area (Å²) in [6.07, 6.45) is 4.27. The van der Waals surface area contributed by atoms with E-state index in [2.05, 4.69) is 28.9 Å². The summed E-state index contributed by atoms with van der Waals surface area (Å²) in [5.74, 6) is 0. The molecule has 0 spiro atoms. The van der Waals surface area contributed by atoms with Gasteiger partial charge < -0.3 is 10.6 Å². The summed E-state index contributed by atoms with van der Waals surface area (Å²) in [5.41, 5.74) is 9.34. The molecule has 2 aliphatic rings. The standard InChI is InChI=1S/C15H23N3/c1-12-11-13(16)5-6-15(12)18-9-7-17(8-10-18)14-3-2-4-14/h5-6,11,14H,2-4,7-10,16H2,1H3. The quantitative estimate of drug-likeness (QED) is 0.811. The van der Waals surface area contributed by atoms with E-state index in [4.69, 9.17) is 5.73 Å². The van der Waals surface area contributed by atoms with Crippen molar-refractivity contribution in [1.82, 2.24) is 4.90 Å². The largest absolute Gasteiger partial charge is 0.399 e. The molecule has 98 valence electrons. The molecule has 2 fully saturated rings. The van der Waals surface area contributed by atoms with Gasteiger partial charge in [-0.15, -0.1) is 0 Å². The van der Waals surface area contributed by atoms with Gasteiger partial charge in [0.2, 0.25) is 0 Å². The number of aryl methyl sites for hydroxylation is 1. The summed E-state index contributed by atoms with van der Waals surface area (Å²) in [7, 11) is 0. The summed E-state index contributed by atoms with van der Waals surface area (Å²) in [6.45, 7) is 6.90. The molecule has 1 aromatic carbocycles. The Bertz CT molecular complexity index is 418. The molecule has 1 saturated heterocycles. The van der Waals surface area contributed by atoms with Crippen molar-refractivity contribution in [3.05, 3.63) is 23.8 Å². The molecule has 0 aromatic heterocycles. The van der Waals surface area contributed by atoms with Gasteiger partial charge in [0.1, 0.15) is 0 Å². The molecule has 1 saturated carbocycles. The van der Waals surface area contributed by atoms with E-state index in [1.54, 1.807) is 0 Å². The summed E-state index contributed by atoms with van der Waals surface area (Å²) < 4.78 is 0. The second kappa shape index (κ2) is 4.81. The van der Waals surface area contributed by atoms with E-state index < -0.39 is 0 Å². The van der Waals surface area contributed by atoms with Crippen LogP contribution in [0.15, 0.2) is 18.2 Å². The maximum atomic E-state index is 5.82. The van der Waals surface area contributed by atoms with Gasteiger partial charge in [-0.3, -0.25) is 4.90 Å². The maximum Gasteiger partial charge on any atom is 0.0398 e. The lowest BCUT2D eigenvalue weighted by Gasteiger charge is -2.43. The van der Waals surface area contributed by atoms with Crippen molar-refractivity contribution in [2.24, 2.45) is 0 Å². The van der Waals surface area contributed by atoms with Gasteiger partial charge >= 0.3 is 0 Å². The monoisotopic (exact) mass is 245 g/mol. The van der Waals surface area contributed by atoms with Crippen LogP contribution in [0.4, 0.5) is 11.4 Å². The fourth-order valence-corrected chi connectivity index (χ4v) is 3.11. The first-order valence-electron chi connectivity index (χ1n) is 7.09. The van der Waals surface area contributed by atoms with Crippen molar-refractivity contribution in [3.63, 3.8) is 0 Å². The second-order valence-corrected chi connectivity index (χ2v) is 5.65. The zero-order valence-corrected chi connectivity index (χ0v) is 11.2. The van der Waals surface area contributed by atoms with Crippen LogP contribution in [0.25, 0.3) is 0 Å². The fourth-order valence-electron chi connectivity index (χ4n) is 3.11. The van der Waals surface area contributed by atoms with Crippen LogP contribution in [0, 0.1) is 6.92 Å². The van der Waals surface area contributed by atoms with Crippen LogP contribution in [-0.4, -0.2) is 37.1 Å². The van der Waals surface area contributed by atoms with Crippen LogP contribution in [0.1, 0.15) is 24.8 Å². The minimum absolute atomic E-state index is 0.865. The van der Waals surface area contributed by atoms with Crippen LogP contribution in [-0.2, 0) is 0 Å². The molecular weight excluding hydrogens is 222 g/mol. The third-order valence-electron chi connectivity index (χ3n) is 4.47. The molecule has 18 heavy (non-hydrogen) atoms. The Balaban J connectivity index is 1.64. The van der Waals surface area contributed by atoms with Crippen LogP contribution >= 0.6 is 0 Å². The van der Waals surface area contributed by atoms with Gasteiger partial charge in [0.15, 0.2) is 0 Å². The molecule has 1 aromatic rings. The van der Waals surface area contributed by atoms with Gasteiger partial charge in [0.25, 0.3) is 0 Å². The van der Waals surface area contributed by atoms with Crippen LogP contribution < -0.4 is 10.6 Å². The molecule has 0 atom stereocenters. The fraction of sp³-hybridized carbons (Fsp3) is 0.600. The Morgan fingerprint density at radius 2 is 1.83 bits per heavy atom. The molecule has 1 aliphatic heterocycles. The first kappa shape index (κ1) is 11.8. The smallest absolute Gasteiger partial charge is 0.0398 e. The Labute approximate surface area is 110 Å². The molecule has 1 aliphatic carbocycles. The van der Waals surface area contributed by atoms with Gasteiger partial charge in [-0.2, -0.15) is 0 Å². The van der Waals surface area contributed by atoms with E-state index in [-0.39, 0.29) is 0 Å². The zero-order valence-electron chi connectivity index (χ0n) is 11.2. The average molecular weight is 245 g/mol. The number of nitrogens with two attached hydrogens (primary N) is 1. The van der Waals surface area contributed by atoms with Crippen molar-refractivity contribution < 1.29 is 0 Å². The van der Waals surface area contributed by atoms with Crippen molar-refractivity contribution in [1.29, 1.82) is 0 Å². The number of nitrogen functional groups attached to an aromatic ring is 1. The van der Waals surface area contributed by atoms with Crippen molar-refractivity contribution >= 4 is 11.4 Å².